The normalized spacial score (nSPS) is 14.2. The summed E-state index contributed by atoms with van der Waals surface area (Å²) in [7, 11) is 0. The number of nitrogens with one attached hydrogen (secondary N) is 1. The van der Waals surface area contributed by atoms with E-state index < -0.39 is 5.60 Å². The highest BCUT2D eigenvalue weighted by Gasteiger charge is 2.26. The minimum atomic E-state index is -1.10. The number of anilines is 1. The van der Waals surface area contributed by atoms with Gasteiger partial charge in [0.2, 0.25) is 5.95 Å². The van der Waals surface area contributed by atoms with Crippen molar-refractivity contribution in [3.63, 3.8) is 0 Å². The third-order valence-corrected chi connectivity index (χ3v) is 2.66. The Morgan fingerprint density at radius 3 is 2.72 bits per heavy atom. The van der Waals surface area contributed by atoms with Crippen molar-refractivity contribution >= 4 is 5.95 Å². The Morgan fingerprint density at radius 1 is 1.33 bits per heavy atom. The van der Waals surface area contributed by atoms with Gasteiger partial charge >= 0.3 is 0 Å². The second kappa shape index (κ2) is 4.78. The molecule has 2 N–H and O–H groups in total. The zero-order chi connectivity index (χ0) is 13.2. The van der Waals surface area contributed by atoms with Crippen LogP contribution in [0.5, 0.6) is 0 Å². The van der Waals surface area contributed by atoms with Gasteiger partial charge in [-0.15, -0.1) is 0 Å². The van der Waals surface area contributed by atoms with Crippen molar-refractivity contribution in [1.82, 2.24) is 9.97 Å². The topological polar surface area (TPSA) is 71.2 Å². The van der Waals surface area contributed by atoms with E-state index in [1.807, 2.05) is 26.0 Å². The first-order valence-corrected chi connectivity index (χ1v) is 5.80. The maximum absolute atomic E-state index is 10.3. The average molecular weight is 247 g/mol. The molecule has 5 nitrogen and oxygen atoms in total. The molecule has 1 unspecified atom stereocenters. The summed E-state index contributed by atoms with van der Waals surface area (Å²) in [5, 5.41) is 13.3. The van der Waals surface area contributed by atoms with Crippen molar-refractivity contribution in [2.24, 2.45) is 0 Å². The molecule has 0 aromatic carbocycles. The van der Waals surface area contributed by atoms with Crippen LogP contribution >= 0.6 is 0 Å². The number of aromatic nitrogens is 2. The molecule has 0 saturated heterocycles. The number of rotatable bonds is 4. The van der Waals surface area contributed by atoms with Crippen LogP contribution in [0.2, 0.25) is 0 Å². The molecule has 0 bridgehead atoms. The highest BCUT2D eigenvalue weighted by Crippen LogP contribution is 2.22. The lowest BCUT2D eigenvalue weighted by molar-refractivity contribution is 0.0466. The monoisotopic (exact) mass is 247 g/mol. The number of aliphatic hydroxyl groups is 1. The lowest BCUT2D eigenvalue weighted by Crippen LogP contribution is -2.30. The Bertz CT molecular complexity index is 535. The Morgan fingerprint density at radius 2 is 2.11 bits per heavy atom. The van der Waals surface area contributed by atoms with E-state index in [1.165, 1.54) is 0 Å². The molecular weight excluding hydrogens is 230 g/mol. The summed E-state index contributed by atoms with van der Waals surface area (Å²) in [5.41, 5.74) is -0.220. The number of aryl methyl sites for hydroxylation is 2. The fourth-order valence-electron chi connectivity index (χ4n) is 1.60. The van der Waals surface area contributed by atoms with E-state index in [0.29, 0.717) is 11.7 Å². The van der Waals surface area contributed by atoms with Gasteiger partial charge < -0.3 is 14.8 Å². The Hall–Kier alpha value is -1.88. The fraction of sp³-hybridized carbons (Fsp3) is 0.385. The molecule has 0 aliphatic heterocycles. The van der Waals surface area contributed by atoms with Crippen molar-refractivity contribution in [2.75, 3.05) is 11.9 Å². The van der Waals surface area contributed by atoms with Gasteiger partial charge in [-0.3, -0.25) is 0 Å². The molecule has 2 aromatic rings. The summed E-state index contributed by atoms with van der Waals surface area (Å²) in [4.78, 5) is 8.29. The lowest BCUT2D eigenvalue weighted by Gasteiger charge is -2.21. The summed E-state index contributed by atoms with van der Waals surface area (Å²) in [6, 6.07) is 5.42. The lowest BCUT2D eigenvalue weighted by atomic mass is 10.0. The van der Waals surface area contributed by atoms with Crippen LogP contribution in [0.1, 0.15) is 24.1 Å². The maximum Gasteiger partial charge on any atom is 0.222 e. The molecule has 0 aliphatic rings. The Balaban J connectivity index is 2.05. The Kier molecular flexibility index (Phi) is 3.34. The van der Waals surface area contributed by atoms with Gasteiger partial charge in [-0.05, 0) is 39.0 Å². The van der Waals surface area contributed by atoms with Crippen molar-refractivity contribution in [1.29, 1.82) is 0 Å². The second-order valence-electron chi connectivity index (χ2n) is 4.56. The van der Waals surface area contributed by atoms with E-state index in [0.717, 1.165) is 11.5 Å². The van der Waals surface area contributed by atoms with E-state index >= 15 is 0 Å². The van der Waals surface area contributed by atoms with Crippen LogP contribution in [-0.4, -0.2) is 21.6 Å². The molecule has 2 rings (SSSR count). The van der Waals surface area contributed by atoms with Gasteiger partial charge in [0.1, 0.15) is 17.1 Å². The maximum atomic E-state index is 10.3. The summed E-state index contributed by atoms with van der Waals surface area (Å²) in [6.45, 7) is 5.70. The number of furan rings is 1. The summed E-state index contributed by atoms with van der Waals surface area (Å²) >= 11 is 0. The van der Waals surface area contributed by atoms with E-state index in [1.54, 1.807) is 19.2 Å². The van der Waals surface area contributed by atoms with Crippen LogP contribution in [0.3, 0.4) is 0 Å². The number of nitrogens with zero attached hydrogens (tertiary/aromatic N) is 2. The molecule has 2 aromatic heterocycles. The Labute approximate surface area is 106 Å². The first-order chi connectivity index (χ1) is 8.47. The molecule has 1 atom stereocenters. The smallest absolute Gasteiger partial charge is 0.222 e. The molecule has 5 heteroatoms. The third-order valence-electron chi connectivity index (χ3n) is 2.66. The van der Waals surface area contributed by atoms with Gasteiger partial charge in [0, 0.05) is 11.9 Å². The molecule has 0 aliphatic carbocycles. The molecule has 96 valence electrons. The van der Waals surface area contributed by atoms with Crippen LogP contribution in [0.15, 0.2) is 28.8 Å². The van der Waals surface area contributed by atoms with Crippen molar-refractivity contribution < 1.29 is 9.52 Å². The van der Waals surface area contributed by atoms with E-state index in [2.05, 4.69) is 15.3 Å². The van der Waals surface area contributed by atoms with Gasteiger partial charge in [0.25, 0.3) is 0 Å². The standard InChI is InChI=1S/C13H17N3O2/c1-9-6-7-14-12(16-9)15-8-13(3,17)11-5-4-10(2)18-11/h4-7,17H,8H2,1-3H3,(H,14,15,16). The molecule has 0 radical (unpaired) electrons. The van der Waals surface area contributed by atoms with Gasteiger partial charge in [0.15, 0.2) is 0 Å². The number of hydrogen-bond acceptors (Lipinski definition) is 5. The molecule has 0 fully saturated rings. The first-order valence-electron chi connectivity index (χ1n) is 5.80. The van der Waals surface area contributed by atoms with Gasteiger partial charge in [-0.2, -0.15) is 0 Å². The van der Waals surface area contributed by atoms with E-state index in [-0.39, 0.29) is 6.54 Å². The zero-order valence-corrected chi connectivity index (χ0v) is 10.8. The third kappa shape index (κ3) is 2.87. The summed E-state index contributed by atoms with van der Waals surface area (Å²) in [5.74, 6) is 1.80. The molecule has 2 heterocycles. The minimum absolute atomic E-state index is 0.281. The predicted octanol–water partition coefficient (Wildman–Crippen LogP) is 2.01. The zero-order valence-electron chi connectivity index (χ0n) is 10.8. The average Bonchev–Trinajstić information content (AvgIpc) is 2.74. The van der Waals surface area contributed by atoms with Crippen LogP contribution in [0.25, 0.3) is 0 Å². The predicted molar refractivity (Wildman–Crippen MR) is 68.3 cm³/mol. The molecule has 0 amide bonds. The van der Waals surface area contributed by atoms with Gasteiger partial charge in [-0.1, -0.05) is 0 Å². The second-order valence-corrected chi connectivity index (χ2v) is 4.56. The van der Waals surface area contributed by atoms with Crippen molar-refractivity contribution in [3.05, 3.63) is 41.6 Å². The summed E-state index contributed by atoms with van der Waals surface area (Å²) < 4.78 is 5.43. The first kappa shape index (κ1) is 12.6. The molecule has 0 spiro atoms. The highest BCUT2D eigenvalue weighted by molar-refractivity contribution is 5.27. The van der Waals surface area contributed by atoms with Crippen LogP contribution in [0.4, 0.5) is 5.95 Å². The summed E-state index contributed by atoms with van der Waals surface area (Å²) in [6.07, 6.45) is 1.68. The highest BCUT2D eigenvalue weighted by atomic mass is 16.4. The fourth-order valence-corrected chi connectivity index (χ4v) is 1.60. The quantitative estimate of drug-likeness (QED) is 0.864. The van der Waals surface area contributed by atoms with Crippen LogP contribution in [-0.2, 0) is 5.60 Å². The largest absolute Gasteiger partial charge is 0.463 e. The molecule has 18 heavy (non-hydrogen) atoms. The van der Waals surface area contributed by atoms with Crippen LogP contribution < -0.4 is 5.32 Å². The molecule has 0 saturated carbocycles. The van der Waals surface area contributed by atoms with Crippen molar-refractivity contribution in [3.8, 4) is 0 Å². The SMILES string of the molecule is Cc1ccnc(NCC(C)(O)c2ccc(C)o2)n1. The van der Waals surface area contributed by atoms with Gasteiger partial charge in [0.05, 0.1) is 6.54 Å². The van der Waals surface area contributed by atoms with Crippen molar-refractivity contribution in [2.45, 2.75) is 26.4 Å². The molecular formula is C13H17N3O2. The van der Waals surface area contributed by atoms with Gasteiger partial charge in [-0.25, -0.2) is 9.97 Å². The van der Waals surface area contributed by atoms with E-state index in [9.17, 15) is 5.11 Å². The minimum Gasteiger partial charge on any atom is -0.463 e. The van der Waals surface area contributed by atoms with Crippen LogP contribution in [0, 0.1) is 13.8 Å². The van der Waals surface area contributed by atoms with E-state index in [4.69, 9.17) is 4.42 Å². The number of hydrogen-bond donors (Lipinski definition) is 2.